The van der Waals surface area contributed by atoms with Crippen molar-refractivity contribution in [1.29, 1.82) is 0 Å². The van der Waals surface area contributed by atoms with Crippen molar-refractivity contribution in [2.24, 2.45) is 0 Å². The Balaban J connectivity index is 0.965. The van der Waals surface area contributed by atoms with E-state index in [0.717, 1.165) is 63.0 Å². The number of piperidine rings is 2. The molecule has 4 aromatic heterocycles. The third kappa shape index (κ3) is 7.75. The fraction of sp³-hybridized carbons (Fsp3) is 0.325. The van der Waals surface area contributed by atoms with Crippen molar-refractivity contribution in [1.82, 2.24) is 45.0 Å². The van der Waals surface area contributed by atoms with Gasteiger partial charge in [0.2, 0.25) is 11.9 Å². The van der Waals surface area contributed by atoms with Crippen LogP contribution in [-0.2, 0) is 6.54 Å². The summed E-state index contributed by atoms with van der Waals surface area (Å²) < 4.78 is 0. The second-order valence-corrected chi connectivity index (χ2v) is 14.4. The molecule has 0 aliphatic carbocycles. The van der Waals surface area contributed by atoms with E-state index in [1.807, 2.05) is 54.6 Å². The number of nitrogen functional groups attached to an aromatic ring is 2. The normalized spacial score (nSPS) is 16.0. The first-order valence-corrected chi connectivity index (χ1v) is 18.7. The van der Waals surface area contributed by atoms with Gasteiger partial charge in [-0.25, -0.2) is 9.97 Å². The summed E-state index contributed by atoms with van der Waals surface area (Å²) >= 11 is 0. The minimum Gasteiger partial charge on any atom is -0.507 e. The topological polar surface area (TPSA) is 209 Å². The lowest BCUT2D eigenvalue weighted by atomic mass is 9.98. The molecule has 2 fully saturated rings. The fourth-order valence-electron chi connectivity index (χ4n) is 7.43. The summed E-state index contributed by atoms with van der Waals surface area (Å²) in [5.74, 6) is 1.56. The van der Waals surface area contributed by atoms with Gasteiger partial charge in [0.25, 0.3) is 5.91 Å². The lowest BCUT2D eigenvalue weighted by Crippen LogP contribution is -2.39. The van der Waals surface area contributed by atoms with Gasteiger partial charge in [-0.2, -0.15) is 19.9 Å². The van der Waals surface area contributed by atoms with E-state index < -0.39 is 0 Å². The zero-order chi connectivity index (χ0) is 38.1. The molecule has 2 saturated heterocycles. The molecule has 6 heterocycles. The number of benzene rings is 2. The smallest absolute Gasteiger partial charge is 0.251 e. The number of amides is 1. The van der Waals surface area contributed by atoms with Crippen LogP contribution in [0.2, 0.25) is 0 Å². The molecule has 8 rings (SSSR count). The van der Waals surface area contributed by atoms with Crippen molar-refractivity contribution < 1.29 is 9.90 Å². The molecule has 0 unspecified atom stereocenters. The van der Waals surface area contributed by atoms with E-state index in [9.17, 15) is 9.90 Å². The van der Waals surface area contributed by atoms with Crippen molar-refractivity contribution in [2.75, 3.05) is 62.4 Å². The zero-order valence-electron chi connectivity index (χ0n) is 31.0. The van der Waals surface area contributed by atoms with Gasteiger partial charge in [-0.15, -0.1) is 0 Å². The Kier molecular flexibility index (Phi) is 9.95. The lowest BCUT2D eigenvalue weighted by molar-refractivity contribution is 0.0963. The van der Waals surface area contributed by atoms with Crippen molar-refractivity contribution in [3.8, 4) is 28.3 Å². The Bertz CT molecular complexity index is 2370. The van der Waals surface area contributed by atoms with E-state index in [1.165, 1.54) is 0 Å². The Labute approximate surface area is 318 Å². The standard InChI is InChI=1S/C40H45N13O2/c1-43-38(55)26-8-7-23(21-30(26)32-12-10-29-35(42)48-39(51-37(29)47-32)44-24-13-17-52(2)18-14-24)22-53-19-15-25(16-20-53)45-40-49-34(41)28-9-11-31(46-36(28)50-40)27-5-3-4-6-33(27)54/h3-12,21,24-25,54H,13-20,22H2,1-2H3,(H,43,55)(H3,41,45,46,49,50)(H3,42,44,47,48,51). The maximum Gasteiger partial charge on any atom is 0.251 e. The van der Waals surface area contributed by atoms with E-state index in [-0.39, 0.29) is 23.7 Å². The number of aromatic hydroxyl groups is 1. The van der Waals surface area contributed by atoms with E-state index in [1.54, 1.807) is 19.2 Å². The number of likely N-dealkylation sites (tertiary alicyclic amines) is 2. The van der Waals surface area contributed by atoms with Gasteiger partial charge in [-0.3, -0.25) is 9.69 Å². The predicted octanol–water partition coefficient (Wildman–Crippen LogP) is 4.51. The minimum atomic E-state index is -0.191. The first kappa shape index (κ1) is 35.8. The van der Waals surface area contributed by atoms with Crippen molar-refractivity contribution in [3.05, 3.63) is 77.9 Å². The quantitative estimate of drug-likeness (QED) is 0.121. The van der Waals surface area contributed by atoms with E-state index in [2.05, 4.69) is 42.8 Å². The molecule has 0 atom stereocenters. The number of hydrogen-bond acceptors (Lipinski definition) is 14. The zero-order valence-corrected chi connectivity index (χ0v) is 31.0. The summed E-state index contributed by atoms with van der Waals surface area (Å²) in [6.07, 6.45) is 3.74. The number of fused-ring (bicyclic) bond motifs is 2. The molecule has 2 aliphatic rings. The van der Waals surface area contributed by atoms with Crippen molar-refractivity contribution >= 4 is 51.5 Å². The molecular weight excluding hydrogens is 695 g/mol. The second kappa shape index (κ2) is 15.3. The lowest BCUT2D eigenvalue weighted by Gasteiger charge is -2.32. The number of hydrogen-bond donors (Lipinski definition) is 6. The Morgan fingerprint density at radius 2 is 1.29 bits per heavy atom. The third-order valence-corrected chi connectivity index (χ3v) is 10.6. The van der Waals surface area contributed by atoms with Crippen LogP contribution < -0.4 is 27.4 Å². The number of anilines is 4. The molecular formula is C40H45N13O2. The van der Waals surface area contributed by atoms with Crippen molar-refractivity contribution in [2.45, 2.75) is 44.3 Å². The highest BCUT2D eigenvalue weighted by Gasteiger charge is 2.23. The maximum atomic E-state index is 13.1. The molecule has 0 bridgehead atoms. The summed E-state index contributed by atoms with van der Waals surface area (Å²) in [7, 11) is 3.76. The van der Waals surface area contributed by atoms with Gasteiger partial charge in [0.05, 0.1) is 22.2 Å². The molecule has 55 heavy (non-hydrogen) atoms. The average molecular weight is 740 g/mol. The number of phenols is 1. The predicted molar refractivity (Wildman–Crippen MR) is 215 cm³/mol. The molecule has 15 heteroatoms. The van der Waals surface area contributed by atoms with Gasteiger partial charge < -0.3 is 37.4 Å². The molecule has 6 aromatic rings. The van der Waals surface area contributed by atoms with Gasteiger partial charge in [-0.1, -0.05) is 18.2 Å². The van der Waals surface area contributed by atoms with Crippen LogP contribution in [0.4, 0.5) is 23.5 Å². The fourth-order valence-corrected chi connectivity index (χ4v) is 7.43. The number of nitrogens with zero attached hydrogens (tertiary/aromatic N) is 8. The van der Waals surface area contributed by atoms with Crippen molar-refractivity contribution in [3.63, 3.8) is 0 Å². The number of nitrogens with two attached hydrogens (primary N) is 2. The maximum absolute atomic E-state index is 13.1. The molecule has 8 N–H and O–H groups in total. The van der Waals surface area contributed by atoms with E-state index in [0.29, 0.717) is 74.7 Å². The van der Waals surface area contributed by atoms with Crippen LogP contribution in [0.25, 0.3) is 44.6 Å². The van der Waals surface area contributed by atoms with E-state index in [4.69, 9.17) is 31.4 Å². The summed E-state index contributed by atoms with van der Waals surface area (Å²) in [4.78, 5) is 45.9. The Hall–Kier alpha value is -6.19. The molecule has 282 valence electrons. The number of pyridine rings is 2. The summed E-state index contributed by atoms with van der Waals surface area (Å²) in [6.45, 7) is 4.42. The third-order valence-electron chi connectivity index (χ3n) is 10.6. The van der Waals surface area contributed by atoms with Gasteiger partial charge in [-0.05, 0) is 99.9 Å². The average Bonchev–Trinajstić information content (AvgIpc) is 3.19. The summed E-state index contributed by atoms with van der Waals surface area (Å²) in [5, 5.41) is 21.4. The number of rotatable bonds is 9. The summed E-state index contributed by atoms with van der Waals surface area (Å²) in [6, 6.07) is 20.8. The van der Waals surface area contributed by atoms with Crippen LogP contribution in [-0.4, -0.2) is 103 Å². The number of nitrogens with one attached hydrogen (secondary N) is 3. The van der Waals surface area contributed by atoms with Crippen LogP contribution in [0, 0.1) is 0 Å². The van der Waals surface area contributed by atoms with Gasteiger partial charge in [0.15, 0.2) is 11.3 Å². The first-order valence-electron chi connectivity index (χ1n) is 18.7. The van der Waals surface area contributed by atoms with Gasteiger partial charge in [0.1, 0.15) is 17.4 Å². The molecule has 2 aromatic carbocycles. The summed E-state index contributed by atoms with van der Waals surface area (Å²) in [5.41, 5.74) is 17.8. The highest BCUT2D eigenvalue weighted by molar-refractivity contribution is 6.01. The molecule has 15 nitrogen and oxygen atoms in total. The highest BCUT2D eigenvalue weighted by Crippen LogP contribution is 2.31. The van der Waals surface area contributed by atoms with E-state index >= 15 is 0 Å². The van der Waals surface area contributed by atoms with Crippen LogP contribution in [0.15, 0.2) is 66.7 Å². The van der Waals surface area contributed by atoms with Crippen LogP contribution >= 0.6 is 0 Å². The SMILES string of the molecule is CNC(=O)c1ccc(CN2CCC(Nc3nc(N)c4ccc(-c5ccccc5O)nc4n3)CC2)cc1-c1ccc2c(N)nc(NC3CCN(C)CC3)nc2n1. The minimum absolute atomic E-state index is 0.149. The second-order valence-electron chi connectivity index (χ2n) is 14.4. The molecule has 0 spiro atoms. The number of phenolic OH excluding ortho intramolecular Hbond substituents is 1. The van der Waals surface area contributed by atoms with Gasteiger partial charge in [0, 0.05) is 55.5 Å². The first-order chi connectivity index (χ1) is 26.7. The number of para-hydroxylation sites is 1. The molecule has 2 aliphatic heterocycles. The molecule has 0 radical (unpaired) electrons. The number of carbonyl (C=O) groups excluding carboxylic acids is 1. The number of carbonyl (C=O) groups is 1. The largest absolute Gasteiger partial charge is 0.507 e. The number of aromatic nitrogens is 6. The molecule has 1 amide bonds. The monoisotopic (exact) mass is 739 g/mol. The van der Waals surface area contributed by atoms with Crippen LogP contribution in [0.5, 0.6) is 5.75 Å². The Morgan fingerprint density at radius 1 is 0.727 bits per heavy atom. The van der Waals surface area contributed by atoms with Gasteiger partial charge >= 0.3 is 0 Å². The van der Waals surface area contributed by atoms with Crippen LogP contribution in [0.3, 0.4) is 0 Å². The molecule has 0 saturated carbocycles. The van der Waals surface area contributed by atoms with Crippen LogP contribution in [0.1, 0.15) is 41.6 Å². The highest BCUT2D eigenvalue weighted by atomic mass is 16.3. The Morgan fingerprint density at radius 3 is 1.87 bits per heavy atom.